The molecule has 1 aliphatic rings. The third-order valence-electron chi connectivity index (χ3n) is 2.78. The molecule has 3 heteroatoms. The van der Waals surface area contributed by atoms with E-state index in [4.69, 9.17) is 11.6 Å². The number of rotatable bonds is 2. The number of hydrogen-bond acceptors (Lipinski definition) is 1. The van der Waals surface area contributed by atoms with Crippen molar-refractivity contribution in [2.45, 2.75) is 13.0 Å². The number of halogens is 2. The topological polar surface area (TPSA) is 3.24 Å². The molecule has 1 heterocycles. The van der Waals surface area contributed by atoms with E-state index in [0.717, 1.165) is 15.2 Å². The first-order chi connectivity index (χ1) is 8.08. The van der Waals surface area contributed by atoms with Gasteiger partial charge >= 0.3 is 0 Å². The molecule has 1 aliphatic heterocycles. The molecule has 1 atom stereocenters. The summed E-state index contributed by atoms with van der Waals surface area (Å²) in [5, 5.41) is 0.762. The Hall–Kier alpha value is -0.990. The first-order valence-electron chi connectivity index (χ1n) is 5.36. The van der Waals surface area contributed by atoms with Crippen LogP contribution in [0, 0.1) is 0 Å². The Morgan fingerprint density at radius 2 is 2.18 bits per heavy atom. The van der Waals surface area contributed by atoms with E-state index in [1.165, 1.54) is 5.56 Å². The quantitative estimate of drug-likeness (QED) is 0.741. The molecule has 1 aromatic rings. The number of nitrogens with zero attached hydrogens (tertiary/aromatic N) is 1. The number of allylic oxidation sites excluding steroid dienone is 3. The Labute approximate surface area is 115 Å². The van der Waals surface area contributed by atoms with E-state index >= 15 is 0 Å². The highest BCUT2D eigenvalue weighted by Gasteiger charge is 2.16. The van der Waals surface area contributed by atoms with Crippen LogP contribution in [0.4, 0.5) is 0 Å². The summed E-state index contributed by atoms with van der Waals surface area (Å²) in [4.78, 5) is 2.12. The lowest BCUT2D eigenvalue weighted by molar-refractivity contribution is 0.379. The van der Waals surface area contributed by atoms with Crippen LogP contribution in [0.15, 0.2) is 59.4 Å². The Morgan fingerprint density at radius 3 is 2.82 bits per heavy atom. The molecular weight excluding hydrogens is 298 g/mol. The fourth-order valence-electron chi connectivity index (χ4n) is 1.83. The minimum Gasteiger partial charge on any atom is -0.341 e. The van der Waals surface area contributed by atoms with Crippen LogP contribution < -0.4 is 0 Å². The van der Waals surface area contributed by atoms with Crippen LogP contribution in [0.25, 0.3) is 0 Å². The predicted molar refractivity (Wildman–Crippen MR) is 77.0 cm³/mol. The van der Waals surface area contributed by atoms with E-state index in [1.807, 2.05) is 36.6 Å². The lowest BCUT2D eigenvalue weighted by Gasteiger charge is -2.30. The Morgan fingerprint density at radius 1 is 1.41 bits per heavy atom. The molecule has 0 aromatic heterocycles. The molecule has 0 bridgehead atoms. The van der Waals surface area contributed by atoms with Crippen LogP contribution in [0.3, 0.4) is 0 Å². The van der Waals surface area contributed by atoms with Gasteiger partial charge in [0.2, 0.25) is 0 Å². The first kappa shape index (κ1) is 12.5. The lowest BCUT2D eigenvalue weighted by atomic mass is 10.1. The second-order valence-corrected chi connectivity index (χ2v) is 5.33. The van der Waals surface area contributed by atoms with Crippen molar-refractivity contribution in [2.75, 3.05) is 0 Å². The van der Waals surface area contributed by atoms with E-state index < -0.39 is 0 Å². The maximum Gasteiger partial charge on any atom is 0.0557 e. The molecule has 0 aliphatic carbocycles. The van der Waals surface area contributed by atoms with Gasteiger partial charge in [-0.2, -0.15) is 0 Å². The van der Waals surface area contributed by atoms with Crippen LogP contribution in [-0.4, -0.2) is 4.90 Å². The van der Waals surface area contributed by atoms with Crippen LogP contribution in [0.1, 0.15) is 18.5 Å². The third-order valence-corrected chi connectivity index (χ3v) is 3.51. The van der Waals surface area contributed by atoms with Gasteiger partial charge in [0.1, 0.15) is 0 Å². The van der Waals surface area contributed by atoms with Gasteiger partial charge in [-0.05, 0) is 36.8 Å². The van der Waals surface area contributed by atoms with Crippen molar-refractivity contribution >= 4 is 27.5 Å². The SMILES string of the molecule is C=C1C=C(Br)C=CN1C(C)c1cccc(Cl)c1. The molecule has 0 saturated heterocycles. The van der Waals surface area contributed by atoms with Gasteiger partial charge in [-0.1, -0.05) is 46.2 Å². The van der Waals surface area contributed by atoms with Crippen molar-refractivity contribution in [3.8, 4) is 0 Å². The van der Waals surface area contributed by atoms with Gasteiger partial charge in [0.05, 0.1) is 6.04 Å². The van der Waals surface area contributed by atoms with E-state index in [9.17, 15) is 0 Å². The second-order valence-electron chi connectivity index (χ2n) is 3.97. The van der Waals surface area contributed by atoms with Gasteiger partial charge in [-0.15, -0.1) is 0 Å². The summed E-state index contributed by atoms with van der Waals surface area (Å²) in [6.45, 7) is 6.18. The summed E-state index contributed by atoms with van der Waals surface area (Å²) in [7, 11) is 0. The van der Waals surface area contributed by atoms with Gasteiger partial charge in [-0.25, -0.2) is 0 Å². The van der Waals surface area contributed by atoms with Crippen LogP contribution in [0.2, 0.25) is 5.02 Å². The van der Waals surface area contributed by atoms with Crippen molar-refractivity contribution in [3.63, 3.8) is 0 Å². The van der Waals surface area contributed by atoms with Crippen molar-refractivity contribution in [1.29, 1.82) is 0 Å². The molecule has 1 aromatic carbocycles. The molecule has 0 spiro atoms. The normalized spacial score (nSPS) is 17.0. The maximum absolute atomic E-state index is 6.01. The van der Waals surface area contributed by atoms with Gasteiger partial charge < -0.3 is 4.90 Å². The molecule has 1 unspecified atom stereocenters. The minimum atomic E-state index is 0.217. The lowest BCUT2D eigenvalue weighted by Crippen LogP contribution is -2.21. The van der Waals surface area contributed by atoms with Crippen LogP contribution in [-0.2, 0) is 0 Å². The summed E-state index contributed by atoms with van der Waals surface area (Å²) in [5.41, 5.74) is 2.14. The second kappa shape index (κ2) is 5.11. The van der Waals surface area contributed by atoms with Crippen molar-refractivity contribution < 1.29 is 0 Å². The molecule has 0 N–H and O–H groups in total. The highest BCUT2D eigenvalue weighted by Crippen LogP contribution is 2.30. The van der Waals surface area contributed by atoms with Gasteiger partial charge in [0.25, 0.3) is 0 Å². The summed E-state index contributed by atoms with van der Waals surface area (Å²) >= 11 is 9.45. The standard InChI is InChI=1S/C14H13BrClN/c1-10-8-13(15)6-7-17(10)11(2)12-4-3-5-14(16)9-12/h3-9,11H,1H2,2H3. The zero-order valence-corrected chi connectivity index (χ0v) is 11.9. The van der Waals surface area contributed by atoms with Gasteiger partial charge in [0.15, 0.2) is 0 Å². The van der Waals surface area contributed by atoms with Crippen molar-refractivity contribution in [1.82, 2.24) is 4.90 Å². The maximum atomic E-state index is 6.01. The first-order valence-corrected chi connectivity index (χ1v) is 6.53. The molecule has 88 valence electrons. The van der Waals surface area contributed by atoms with Gasteiger partial charge in [0, 0.05) is 21.4 Å². The van der Waals surface area contributed by atoms with Crippen LogP contribution in [0.5, 0.6) is 0 Å². The van der Waals surface area contributed by atoms with Crippen LogP contribution >= 0.6 is 27.5 Å². The molecule has 0 fully saturated rings. The highest BCUT2D eigenvalue weighted by molar-refractivity contribution is 9.11. The monoisotopic (exact) mass is 309 g/mol. The molecule has 1 nitrogen and oxygen atoms in total. The van der Waals surface area contributed by atoms with Gasteiger partial charge in [-0.3, -0.25) is 0 Å². The molecule has 0 amide bonds. The summed E-state index contributed by atoms with van der Waals surface area (Å²) in [5.74, 6) is 0. The highest BCUT2D eigenvalue weighted by atomic mass is 79.9. The fraction of sp³-hybridized carbons (Fsp3) is 0.143. The molecule has 0 saturated carbocycles. The molecular formula is C14H13BrClN. The summed E-state index contributed by atoms with van der Waals surface area (Å²) in [6, 6.07) is 8.13. The molecule has 0 radical (unpaired) electrons. The summed E-state index contributed by atoms with van der Waals surface area (Å²) in [6.07, 6.45) is 6.04. The van der Waals surface area contributed by atoms with E-state index in [1.54, 1.807) is 0 Å². The Kier molecular flexibility index (Phi) is 3.75. The zero-order valence-electron chi connectivity index (χ0n) is 9.53. The van der Waals surface area contributed by atoms with Crippen molar-refractivity contribution in [2.24, 2.45) is 0 Å². The molecule has 2 rings (SSSR count). The predicted octanol–water partition coefficient (Wildman–Crippen LogP) is 5.02. The van der Waals surface area contributed by atoms with E-state index in [0.29, 0.717) is 0 Å². The van der Waals surface area contributed by atoms with E-state index in [-0.39, 0.29) is 6.04 Å². The Bertz CT molecular complexity index is 505. The van der Waals surface area contributed by atoms with E-state index in [2.05, 4.69) is 40.4 Å². The average molecular weight is 311 g/mol. The third kappa shape index (κ3) is 2.82. The number of hydrogen-bond donors (Lipinski definition) is 0. The summed E-state index contributed by atoms with van der Waals surface area (Å²) < 4.78 is 1.04. The largest absolute Gasteiger partial charge is 0.341 e. The molecule has 17 heavy (non-hydrogen) atoms. The number of benzene rings is 1. The van der Waals surface area contributed by atoms with Crippen molar-refractivity contribution in [3.05, 3.63) is 70.0 Å². The Balaban J connectivity index is 2.25. The zero-order chi connectivity index (χ0) is 12.4. The smallest absolute Gasteiger partial charge is 0.0557 e. The fourth-order valence-corrected chi connectivity index (χ4v) is 2.42. The minimum absolute atomic E-state index is 0.217. The average Bonchev–Trinajstić information content (AvgIpc) is 2.28.